The van der Waals surface area contributed by atoms with Crippen molar-refractivity contribution in [2.75, 3.05) is 19.6 Å². The topological polar surface area (TPSA) is 24.3 Å². The molecule has 4 aliphatic rings. The van der Waals surface area contributed by atoms with Gasteiger partial charge in [0, 0.05) is 49.4 Å². The van der Waals surface area contributed by atoms with Crippen LogP contribution < -0.4 is 0 Å². The second-order valence-corrected chi connectivity index (χ2v) is 8.80. The zero-order chi connectivity index (χ0) is 18.4. The van der Waals surface area contributed by atoms with Gasteiger partial charge in [0.1, 0.15) is 0 Å². The number of piperidine rings is 3. The molecule has 0 saturated carbocycles. The van der Waals surface area contributed by atoms with Gasteiger partial charge in [-0.2, -0.15) is 5.10 Å². The van der Waals surface area contributed by atoms with E-state index >= 15 is 0 Å². The van der Waals surface area contributed by atoms with Crippen LogP contribution in [0.5, 0.6) is 0 Å². The molecule has 1 aromatic heterocycles. The fourth-order valence-electron chi connectivity index (χ4n) is 5.99. The first-order valence-corrected chi connectivity index (χ1v) is 10.8. The first kappa shape index (κ1) is 17.4. The van der Waals surface area contributed by atoms with Crippen LogP contribution in [0.15, 0.2) is 36.5 Å². The summed E-state index contributed by atoms with van der Waals surface area (Å²) in [7, 11) is 0. The molecule has 0 spiro atoms. The predicted molar refractivity (Wildman–Crippen MR) is 109 cm³/mol. The molecule has 3 atom stereocenters. The normalized spacial score (nSPS) is 32.7. The second-order valence-electron chi connectivity index (χ2n) is 8.80. The summed E-state index contributed by atoms with van der Waals surface area (Å²) in [6.07, 6.45) is 6.20. The average Bonchev–Trinajstić information content (AvgIpc) is 3.26. The monoisotopic (exact) mass is 364 g/mol. The van der Waals surface area contributed by atoms with Gasteiger partial charge in [0.2, 0.25) is 0 Å². The third-order valence-corrected chi connectivity index (χ3v) is 7.20. The van der Waals surface area contributed by atoms with Crippen LogP contribution in [0.2, 0.25) is 0 Å². The number of nitrogens with zero attached hydrogens (tertiary/aromatic N) is 4. The highest BCUT2D eigenvalue weighted by atomic mass is 15.3. The zero-order valence-electron chi connectivity index (χ0n) is 16.7. The van der Waals surface area contributed by atoms with Gasteiger partial charge < -0.3 is 0 Å². The minimum atomic E-state index is 0.644. The Morgan fingerprint density at radius 2 is 1.85 bits per heavy atom. The molecule has 144 valence electrons. The summed E-state index contributed by atoms with van der Waals surface area (Å²) in [4.78, 5) is 5.61. The number of hydrogen-bond acceptors (Lipinski definition) is 3. The first-order chi connectivity index (χ1) is 13.2. The van der Waals surface area contributed by atoms with Crippen molar-refractivity contribution in [2.24, 2.45) is 5.92 Å². The highest BCUT2D eigenvalue weighted by Crippen LogP contribution is 2.47. The molecule has 0 aliphatic carbocycles. The molecule has 4 aliphatic heterocycles. The van der Waals surface area contributed by atoms with Gasteiger partial charge in [0.15, 0.2) is 0 Å². The molecule has 0 unspecified atom stereocenters. The lowest BCUT2D eigenvalue weighted by Crippen LogP contribution is -2.59. The van der Waals surface area contributed by atoms with Crippen molar-refractivity contribution in [3.8, 4) is 0 Å². The predicted octanol–water partition coefficient (Wildman–Crippen LogP) is 3.66. The molecule has 4 nitrogen and oxygen atoms in total. The molecule has 27 heavy (non-hydrogen) atoms. The Morgan fingerprint density at radius 3 is 2.59 bits per heavy atom. The van der Waals surface area contributed by atoms with Crippen LogP contribution in [0.4, 0.5) is 0 Å². The van der Waals surface area contributed by atoms with E-state index in [2.05, 4.69) is 64.9 Å². The minimum absolute atomic E-state index is 0.644. The highest BCUT2D eigenvalue weighted by molar-refractivity contribution is 5.28. The average molecular weight is 365 g/mol. The van der Waals surface area contributed by atoms with Crippen LogP contribution in [0, 0.1) is 12.8 Å². The van der Waals surface area contributed by atoms with E-state index < -0.39 is 0 Å². The summed E-state index contributed by atoms with van der Waals surface area (Å²) < 4.78 is 2.14. The van der Waals surface area contributed by atoms with E-state index in [0.717, 1.165) is 25.4 Å². The SMILES string of the molecule is CCCn1cc(CN2C[C@@H](c3ccccc3)[C@@H]3[C@H]2C2CCN3CC2)c(C)n1. The van der Waals surface area contributed by atoms with Gasteiger partial charge >= 0.3 is 0 Å². The lowest BCUT2D eigenvalue weighted by Gasteiger charge is -2.51. The second kappa shape index (κ2) is 7.06. The Morgan fingerprint density at radius 1 is 1.07 bits per heavy atom. The van der Waals surface area contributed by atoms with Crippen molar-refractivity contribution in [3.05, 3.63) is 53.3 Å². The van der Waals surface area contributed by atoms with Gasteiger partial charge in [0.05, 0.1) is 5.69 Å². The molecule has 6 rings (SSSR count). The zero-order valence-corrected chi connectivity index (χ0v) is 16.7. The third-order valence-electron chi connectivity index (χ3n) is 7.20. The Labute approximate surface area is 163 Å². The Balaban J connectivity index is 1.44. The van der Waals surface area contributed by atoms with E-state index in [0.29, 0.717) is 18.0 Å². The molecule has 0 N–H and O–H groups in total. The van der Waals surface area contributed by atoms with Crippen molar-refractivity contribution in [2.45, 2.75) is 64.2 Å². The summed E-state index contributed by atoms with van der Waals surface area (Å²) in [6.45, 7) is 10.3. The van der Waals surface area contributed by atoms with E-state index in [1.165, 1.54) is 49.3 Å². The number of aromatic nitrogens is 2. The molecular weight excluding hydrogens is 332 g/mol. The van der Waals surface area contributed by atoms with E-state index in [9.17, 15) is 0 Å². The van der Waals surface area contributed by atoms with Crippen LogP contribution in [0.25, 0.3) is 0 Å². The van der Waals surface area contributed by atoms with Gasteiger partial charge in [-0.1, -0.05) is 37.3 Å². The Kier molecular flexibility index (Phi) is 4.57. The molecule has 1 aromatic carbocycles. The number of fused-ring (bicyclic) bond motifs is 2. The van der Waals surface area contributed by atoms with Gasteiger partial charge in [-0.05, 0) is 50.8 Å². The van der Waals surface area contributed by atoms with E-state index in [1.807, 2.05) is 0 Å². The number of benzene rings is 1. The van der Waals surface area contributed by atoms with Gasteiger partial charge in [-0.25, -0.2) is 0 Å². The molecular formula is C23H32N4. The van der Waals surface area contributed by atoms with Gasteiger partial charge in [-0.3, -0.25) is 14.5 Å². The fraction of sp³-hybridized carbons (Fsp3) is 0.609. The molecule has 5 heterocycles. The third kappa shape index (κ3) is 3.03. The highest BCUT2D eigenvalue weighted by Gasteiger charge is 2.53. The van der Waals surface area contributed by atoms with Crippen molar-refractivity contribution < 1.29 is 0 Å². The fourth-order valence-corrected chi connectivity index (χ4v) is 5.99. The van der Waals surface area contributed by atoms with Crippen LogP contribution in [-0.2, 0) is 13.1 Å². The van der Waals surface area contributed by atoms with E-state index in [-0.39, 0.29) is 0 Å². The van der Waals surface area contributed by atoms with Crippen LogP contribution in [0.3, 0.4) is 0 Å². The van der Waals surface area contributed by atoms with Gasteiger partial charge in [-0.15, -0.1) is 0 Å². The molecule has 0 radical (unpaired) electrons. The van der Waals surface area contributed by atoms with Crippen molar-refractivity contribution in [1.82, 2.24) is 19.6 Å². The van der Waals surface area contributed by atoms with Crippen LogP contribution >= 0.6 is 0 Å². The molecule has 4 heteroatoms. The quantitative estimate of drug-likeness (QED) is 0.809. The Hall–Kier alpha value is -1.65. The molecule has 0 amide bonds. The summed E-state index contributed by atoms with van der Waals surface area (Å²) in [5.41, 5.74) is 4.16. The molecule has 2 bridgehead atoms. The summed E-state index contributed by atoms with van der Waals surface area (Å²) in [6, 6.07) is 12.7. The summed E-state index contributed by atoms with van der Waals surface area (Å²) >= 11 is 0. The van der Waals surface area contributed by atoms with E-state index in [4.69, 9.17) is 5.10 Å². The first-order valence-electron chi connectivity index (χ1n) is 10.8. The van der Waals surface area contributed by atoms with Crippen molar-refractivity contribution >= 4 is 0 Å². The van der Waals surface area contributed by atoms with Crippen LogP contribution in [0.1, 0.15) is 48.9 Å². The molecule has 2 aromatic rings. The maximum Gasteiger partial charge on any atom is 0.0638 e. The minimum Gasteiger partial charge on any atom is -0.298 e. The standard InChI is InChI=1S/C23H32N4/c1-3-11-27-15-20(17(2)24-27)14-26-16-21(18-7-5-4-6-8-18)23-22(26)19-9-12-25(23)13-10-19/h4-8,15,19,21-23H,3,9-14,16H2,1-2H3/t21-,22+,23+/m0/s1. The maximum atomic E-state index is 4.75. The summed E-state index contributed by atoms with van der Waals surface area (Å²) in [5, 5.41) is 4.75. The van der Waals surface area contributed by atoms with Crippen molar-refractivity contribution in [3.63, 3.8) is 0 Å². The Bertz CT molecular complexity index is 775. The number of rotatable bonds is 5. The summed E-state index contributed by atoms with van der Waals surface area (Å²) in [5.74, 6) is 1.52. The molecule has 4 saturated heterocycles. The number of likely N-dealkylation sites (tertiary alicyclic amines) is 1. The molecule has 4 fully saturated rings. The number of hydrogen-bond donors (Lipinski definition) is 0. The smallest absolute Gasteiger partial charge is 0.0638 e. The van der Waals surface area contributed by atoms with E-state index in [1.54, 1.807) is 0 Å². The largest absolute Gasteiger partial charge is 0.298 e. The van der Waals surface area contributed by atoms with Crippen LogP contribution in [-0.4, -0.2) is 51.3 Å². The van der Waals surface area contributed by atoms with Gasteiger partial charge in [0.25, 0.3) is 0 Å². The lowest BCUT2D eigenvalue weighted by molar-refractivity contribution is -0.00873. The number of aryl methyl sites for hydroxylation is 2. The lowest BCUT2D eigenvalue weighted by atomic mass is 9.75. The van der Waals surface area contributed by atoms with Crippen molar-refractivity contribution in [1.29, 1.82) is 0 Å². The maximum absolute atomic E-state index is 4.75.